The maximum Gasteiger partial charge on any atom is 0.176 e. The van der Waals surface area contributed by atoms with Gasteiger partial charge in [-0.3, -0.25) is 5.10 Å². The van der Waals surface area contributed by atoms with E-state index in [-0.39, 0.29) is 0 Å². The van der Waals surface area contributed by atoms with Gasteiger partial charge in [-0.15, -0.1) is 0 Å². The lowest BCUT2D eigenvalue weighted by molar-refractivity contribution is 1.05. The van der Waals surface area contributed by atoms with E-state index >= 15 is 0 Å². The van der Waals surface area contributed by atoms with Crippen molar-refractivity contribution in [2.45, 2.75) is 13.8 Å². The molecule has 0 saturated carbocycles. The molecule has 2 aromatic rings. The van der Waals surface area contributed by atoms with E-state index < -0.39 is 0 Å². The zero-order valence-electron chi connectivity index (χ0n) is 9.74. The standard InChI is InChI=1S/C12H14N4S/c1-8-5-3-4-6-10(8)13-12(17)14-11-7-9(2)15-16-11/h3-7H,1-2H3,(H3,13,14,15,16,17). The molecule has 2 rings (SSSR count). The third-order valence-corrected chi connectivity index (χ3v) is 2.54. The first kappa shape index (κ1) is 11.6. The van der Waals surface area contributed by atoms with E-state index in [2.05, 4.69) is 20.8 Å². The molecular formula is C12H14N4S. The highest BCUT2D eigenvalue weighted by atomic mass is 32.1. The van der Waals surface area contributed by atoms with Crippen molar-refractivity contribution in [1.82, 2.24) is 10.2 Å². The van der Waals surface area contributed by atoms with E-state index in [0.717, 1.165) is 16.9 Å². The fourth-order valence-corrected chi connectivity index (χ4v) is 1.68. The lowest BCUT2D eigenvalue weighted by atomic mass is 10.2. The number of hydrogen-bond acceptors (Lipinski definition) is 2. The summed E-state index contributed by atoms with van der Waals surface area (Å²) < 4.78 is 0. The van der Waals surface area contributed by atoms with Crippen molar-refractivity contribution < 1.29 is 0 Å². The molecule has 1 heterocycles. The summed E-state index contributed by atoms with van der Waals surface area (Å²) in [6.07, 6.45) is 0. The minimum atomic E-state index is 0.533. The number of aromatic amines is 1. The van der Waals surface area contributed by atoms with Crippen LogP contribution in [-0.2, 0) is 0 Å². The number of aryl methyl sites for hydroxylation is 2. The number of H-pyrrole nitrogens is 1. The van der Waals surface area contributed by atoms with Gasteiger partial charge in [0, 0.05) is 17.4 Å². The van der Waals surface area contributed by atoms with E-state index in [1.54, 1.807) is 0 Å². The number of rotatable bonds is 2. The smallest absolute Gasteiger partial charge is 0.176 e. The third-order valence-electron chi connectivity index (χ3n) is 2.34. The molecule has 17 heavy (non-hydrogen) atoms. The Kier molecular flexibility index (Phi) is 3.39. The van der Waals surface area contributed by atoms with Gasteiger partial charge in [-0.25, -0.2) is 0 Å². The Bertz CT molecular complexity index is 533. The topological polar surface area (TPSA) is 52.7 Å². The molecule has 0 aliphatic rings. The first-order valence-electron chi connectivity index (χ1n) is 5.31. The van der Waals surface area contributed by atoms with Crippen LogP contribution in [-0.4, -0.2) is 15.3 Å². The van der Waals surface area contributed by atoms with Gasteiger partial charge in [-0.2, -0.15) is 5.10 Å². The van der Waals surface area contributed by atoms with Crippen molar-refractivity contribution in [3.8, 4) is 0 Å². The molecule has 0 saturated heterocycles. The first-order chi connectivity index (χ1) is 8.15. The summed E-state index contributed by atoms with van der Waals surface area (Å²) in [5, 5.41) is 13.6. The largest absolute Gasteiger partial charge is 0.332 e. The molecule has 1 aromatic carbocycles. The highest BCUT2D eigenvalue weighted by Crippen LogP contribution is 2.13. The maximum atomic E-state index is 5.21. The molecule has 3 N–H and O–H groups in total. The first-order valence-corrected chi connectivity index (χ1v) is 5.71. The second-order valence-electron chi connectivity index (χ2n) is 3.83. The average molecular weight is 246 g/mol. The Morgan fingerprint density at radius 2 is 2.00 bits per heavy atom. The highest BCUT2D eigenvalue weighted by molar-refractivity contribution is 7.80. The van der Waals surface area contributed by atoms with E-state index in [9.17, 15) is 0 Å². The number of para-hydroxylation sites is 1. The van der Waals surface area contributed by atoms with Gasteiger partial charge in [0.05, 0.1) is 0 Å². The second-order valence-corrected chi connectivity index (χ2v) is 4.24. The molecule has 0 aliphatic carbocycles. The lowest BCUT2D eigenvalue weighted by Gasteiger charge is -2.10. The van der Waals surface area contributed by atoms with Crippen LogP contribution < -0.4 is 10.6 Å². The molecule has 0 bridgehead atoms. The molecule has 0 unspecified atom stereocenters. The molecule has 0 amide bonds. The molecular weight excluding hydrogens is 232 g/mol. The predicted octanol–water partition coefficient (Wildman–Crippen LogP) is 2.84. The molecule has 5 heteroatoms. The summed E-state index contributed by atoms with van der Waals surface area (Å²) in [5.41, 5.74) is 3.14. The fraction of sp³-hybridized carbons (Fsp3) is 0.167. The molecule has 0 fully saturated rings. The van der Waals surface area contributed by atoms with Gasteiger partial charge >= 0.3 is 0 Å². The van der Waals surface area contributed by atoms with Crippen LogP contribution in [0.15, 0.2) is 30.3 Å². The highest BCUT2D eigenvalue weighted by Gasteiger charge is 2.02. The minimum absolute atomic E-state index is 0.533. The maximum absolute atomic E-state index is 5.21. The van der Waals surface area contributed by atoms with Gasteiger partial charge in [-0.1, -0.05) is 18.2 Å². The number of benzene rings is 1. The monoisotopic (exact) mass is 246 g/mol. The number of nitrogens with one attached hydrogen (secondary N) is 3. The Morgan fingerprint density at radius 3 is 2.65 bits per heavy atom. The summed E-state index contributed by atoms with van der Waals surface area (Å²) in [7, 11) is 0. The number of nitrogens with zero attached hydrogens (tertiary/aromatic N) is 1. The summed E-state index contributed by atoms with van der Waals surface area (Å²) in [5.74, 6) is 0.716. The van der Waals surface area contributed by atoms with Gasteiger partial charge < -0.3 is 10.6 Å². The number of anilines is 2. The lowest BCUT2D eigenvalue weighted by Crippen LogP contribution is -2.19. The van der Waals surface area contributed by atoms with E-state index in [4.69, 9.17) is 12.2 Å². The van der Waals surface area contributed by atoms with Crippen molar-refractivity contribution in [2.24, 2.45) is 0 Å². The van der Waals surface area contributed by atoms with Crippen molar-refractivity contribution in [2.75, 3.05) is 10.6 Å². The van der Waals surface area contributed by atoms with Gasteiger partial charge in [-0.05, 0) is 37.7 Å². The van der Waals surface area contributed by atoms with Crippen LogP contribution in [0, 0.1) is 13.8 Å². The van der Waals surface area contributed by atoms with Crippen LogP contribution in [0.1, 0.15) is 11.3 Å². The summed E-state index contributed by atoms with van der Waals surface area (Å²) in [6, 6.07) is 9.87. The van der Waals surface area contributed by atoms with E-state index in [1.165, 1.54) is 0 Å². The fourth-order valence-electron chi connectivity index (χ4n) is 1.47. The number of hydrogen-bond donors (Lipinski definition) is 3. The number of aromatic nitrogens is 2. The van der Waals surface area contributed by atoms with Gasteiger partial charge in [0.1, 0.15) is 0 Å². The normalized spacial score (nSPS) is 10.0. The molecule has 0 aliphatic heterocycles. The van der Waals surface area contributed by atoms with E-state index in [0.29, 0.717) is 10.9 Å². The van der Waals surface area contributed by atoms with Crippen LogP contribution in [0.3, 0.4) is 0 Å². The second kappa shape index (κ2) is 4.97. The van der Waals surface area contributed by atoms with Crippen molar-refractivity contribution in [3.05, 3.63) is 41.6 Å². The Balaban J connectivity index is 2.01. The minimum Gasteiger partial charge on any atom is -0.332 e. The number of thiocarbonyl (C=S) groups is 1. The Hall–Kier alpha value is -1.88. The van der Waals surface area contributed by atoms with Crippen LogP contribution in [0.5, 0.6) is 0 Å². The molecule has 4 nitrogen and oxygen atoms in total. The third kappa shape index (κ3) is 3.04. The zero-order valence-corrected chi connectivity index (χ0v) is 10.6. The predicted molar refractivity (Wildman–Crippen MR) is 74.3 cm³/mol. The van der Waals surface area contributed by atoms with Crippen LogP contribution in [0.25, 0.3) is 0 Å². The van der Waals surface area contributed by atoms with Crippen LogP contribution >= 0.6 is 12.2 Å². The summed E-state index contributed by atoms with van der Waals surface area (Å²) >= 11 is 5.21. The SMILES string of the molecule is Cc1cc(NC(=S)Nc2ccccc2C)n[nH]1. The van der Waals surface area contributed by atoms with Gasteiger partial charge in [0.25, 0.3) is 0 Å². The quantitative estimate of drug-likeness (QED) is 0.713. The molecule has 0 spiro atoms. The van der Waals surface area contributed by atoms with Gasteiger partial charge in [0.2, 0.25) is 0 Å². The average Bonchev–Trinajstić information content (AvgIpc) is 2.67. The zero-order chi connectivity index (χ0) is 12.3. The molecule has 0 atom stereocenters. The Labute approximate surface area is 105 Å². The summed E-state index contributed by atoms with van der Waals surface area (Å²) in [6.45, 7) is 3.97. The van der Waals surface area contributed by atoms with Crippen LogP contribution in [0.2, 0.25) is 0 Å². The van der Waals surface area contributed by atoms with Crippen LogP contribution in [0.4, 0.5) is 11.5 Å². The molecule has 1 aromatic heterocycles. The summed E-state index contributed by atoms with van der Waals surface area (Å²) in [4.78, 5) is 0. The Morgan fingerprint density at radius 1 is 1.24 bits per heavy atom. The van der Waals surface area contributed by atoms with Gasteiger partial charge in [0.15, 0.2) is 10.9 Å². The molecule has 0 radical (unpaired) electrons. The van der Waals surface area contributed by atoms with Crippen molar-refractivity contribution in [3.63, 3.8) is 0 Å². The molecule has 88 valence electrons. The van der Waals surface area contributed by atoms with Crippen molar-refractivity contribution in [1.29, 1.82) is 0 Å². The van der Waals surface area contributed by atoms with E-state index in [1.807, 2.05) is 44.2 Å². The van der Waals surface area contributed by atoms with Crippen molar-refractivity contribution >= 4 is 28.8 Å².